The fraction of sp³-hybridized carbons (Fsp3) is 0.278. The lowest BCUT2D eigenvalue weighted by Gasteiger charge is -2.10. The highest BCUT2D eigenvalue weighted by atomic mass is 16.5. The van der Waals surface area contributed by atoms with E-state index in [0.29, 0.717) is 18.7 Å². The second kappa shape index (κ2) is 6.98. The van der Waals surface area contributed by atoms with E-state index < -0.39 is 0 Å². The van der Waals surface area contributed by atoms with Crippen molar-refractivity contribution in [3.05, 3.63) is 58.7 Å². The second-order valence-electron chi connectivity index (χ2n) is 5.42. The largest absolute Gasteiger partial charge is 0.492 e. The third-order valence-electron chi connectivity index (χ3n) is 3.67. The number of carbonyl (C=O) groups excluding carboxylic acids is 1. The van der Waals surface area contributed by atoms with Gasteiger partial charge < -0.3 is 15.8 Å². The van der Waals surface area contributed by atoms with Gasteiger partial charge in [-0.3, -0.25) is 4.79 Å². The van der Waals surface area contributed by atoms with Crippen molar-refractivity contribution in [1.29, 1.82) is 0 Å². The van der Waals surface area contributed by atoms with Gasteiger partial charge in [0.15, 0.2) is 0 Å². The number of benzene rings is 2. The SMILES string of the molecule is Cc1ccc(C(=O)NCCOc2ccc(N)c(C)c2)cc1C. The number of carbonyl (C=O) groups is 1. The summed E-state index contributed by atoms with van der Waals surface area (Å²) in [7, 11) is 0. The number of amides is 1. The summed E-state index contributed by atoms with van der Waals surface area (Å²) in [4.78, 5) is 12.0. The summed E-state index contributed by atoms with van der Waals surface area (Å²) in [5, 5.41) is 2.85. The molecule has 0 saturated carbocycles. The molecule has 2 aromatic rings. The van der Waals surface area contributed by atoms with Gasteiger partial charge in [0, 0.05) is 11.3 Å². The van der Waals surface area contributed by atoms with Gasteiger partial charge in [-0.1, -0.05) is 6.07 Å². The van der Waals surface area contributed by atoms with Crippen molar-refractivity contribution in [2.45, 2.75) is 20.8 Å². The summed E-state index contributed by atoms with van der Waals surface area (Å²) < 4.78 is 5.60. The number of nitrogens with two attached hydrogens (primary N) is 1. The van der Waals surface area contributed by atoms with Crippen LogP contribution in [0.2, 0.25) is 0 Å². The predicted octanol–water partition coefficient (Wildman–Crippen LogP) is 3.00. The lowest BCUT2D eigenvalue weighted by Crippen LogP contribution is -2.28. The fourth-order valence-corrected chi connectivity index (χ4v) is 2.06. The average Bonchev–Trinajstić information content (AvgIpc) is 2.49. The number of ether oxygens (including phenoxy) is 1. The predicted molar refractivity (Wildman–Crippen MR) is 89.3 cm³/mol. The number of anilines is 1. The summed E-state index contributed by atoms with van der Waals surface area (Å²) in [6.45, 7) is 6.83. The topological polar surface area (TPSA) is 64.3 Å². The number of hydrogen-bond donors (Lipinski definition) is 2. The van der Waals surface area contributed by atoms with Gasteiger partial charge in [-0.2, -0.15) is 0 Å². The van der Waals surface area contributed by atoms with Crippen LogP contribution < -0.4 is 15.8 Å². The average molecular weight is 298 g/mol. The molecule has 2 aromatic carbocycles. The van der Waals surface area contributed by atoms with Crippen LogP contribution in [-0.4, -0.2) is 19.1 Å². The molecule has 2 rings (SSSR count). The molecule has 0 atom stereocenters. The summed E-state index contributed by atoms with van der Waals surface area (Å²) in [6, 6.07) is 11.2. The first-order valence-electron chi connectivity index (χ1n) is 7.32. The third kappa shape index (κ3) is 4.01. The summed E-state index contributed by atoms with van der Waals surface area (Å²) in [5.74, 6) is 0.673. The Morgan fingerprint density at radius 2 is 1.82 bits per heavy atom. The molecule has 4 heteroatoms. The summed E-state index contributed by atoms with van der Waals surface area (Å²) in [5.41, 5.74) is 10.5. The van der Waals surface area contributed by atoms with Gasteiger partial charge in [0.25, 0.3) is 5.91 Å². The Hall–Kier alpha value is -2.49. The molecule has 0 heterocycles. The van der Waals surface area contributed by atoms with Gasteiger partial charge >= 0.3 is 0 Å². The minimum Gasteiger partial charge on any atom is -0.492 e. The molecule has 0 aliphatic rings. The van der Waals surface area contributed by atoms with Crippen molar-refractivity contribution in [2.75, 3.05) is 18.9 Å². The van der Waals surface area contributed by atoms with E-state index in [9.17, 15) is 4.79 Å². The highest BCUT2D eigenvalue weighted by Crippen LogP contribution is 2.18. The van der Waals surface area contributed by atoms with Crippen LogP contribution >= 0.6 is 0 Å². The first-order valence-corrected chi connectivity index (χ1v) is 7.32. The molecule has 0 aromatic heterocycles. The van der Waals surface area contributed by atoms with E-state index in [1.165, 1.54) is 5.56 Å². The van der Waals surface area contributed by atoms with Gasteiger partial charge in [-0.25, -0.2) is 0 Å². The van der Waals surface area contributed by atoms with Crippen molar-refractivity contribution >= 4 is 11.6 Å². The van der Waals surface area contributed by atoms with E-state index >= 15 is 0 Å². The minimum absolute atomic E-state index is 0.0832. The quantitative estimate of drug-likeness (QED) is 0.659. The van der Waals surface area contributed by atoms with Gasteiger partial charge in [0.05, 0.1) is 6.54 Å². The molecule has 1 amide bonds. The number of aryl methyl sites for hydroxylation is 3. The molecular weight excluding hydrogens is 276 g/mol. The van der Waals surface area contributed by atoms with E-state index in [-0.39, 0.29) is 5.91 Å². The van der Waals surface area contributed by atoms with E-state index in [4.69, 9.17) is 10.5 Å². The zero-order valence-electron chi connectivity index (χ0n) is 13.3. The zero-order chi connectivity index (χ0) is 16.1. The van der Waals surface area contributed by atoms with Crippen molar-refractivity contribution < 1.29 is 9.53 Å². The first kappa shape index (κ1) is 15.9. The van der Waals surface area contributed by atoms with Crippen molar-refractivity contribution in [2.24, 2.45) is 0 Å². The molecule has 3 N–H and O–H groups in total. The highest BCUT2D eigenvalue weighted by Gasteiger charge is 2.06. The van der Waals surface area contributed by atoms with Crippen LogP contribution in [-0.2, 0) is 0 Å². The molecule has 4 nitrogen and oxygen atoms in total. The number of nitrogen functional groups attached to an aromatic ring is 1. The smallest absolute Gasteiger partial charge is 0.251 e. The van der Waals surface area contributed by atoms with Crippen LogP contribution in [0.5, 0.6) is 5.75 Å². The molecule has 0 spiro atoms. The molecule has 0 fully saturated rings. The Morgan fingerprint density at radius 1 is 1.05 bits per heavy atom. The van der Waals surface area contributed by atoms with Crippen molar-refractivity contribution in [1.82, 2.24) is 5.32 Å². The lowest BCUT2D eigenvalue weighted by molar-refractivity contribution is 0.0947. The minimum atomic E-state index is -0.0832. The molecule has 22 heavy (non-hydrogen) atoms. The number of hydrogen-bond acceptors (Lipinski definition) is 3. The first-order chi connectivity index (χ1) is 10.5. The van der Waals surface area contributed by atoms with Crippen LogP contribution in [0.3, 0.4) is 0 Å². The molecule has 0 radical (unpaired) electrons. The van der Waals surface area contributed by atoms with Crippen molar-refractivity contribution in [3.63, 3.8) is 0 Å². The van der Waals surface area contributed by atoms with E-state index in [1.54, 1.807) is 0 Å². The Morgan fingerprint density at radius 3 is 2.50 bits per heavy atom. The van der Waals surface area contributed by atoms with Crippen molar-refractivity contribution in [3.8, 4) is 5.75 Å². The summed E-state index contributed by atoms with van der Waals surface area (Å²) in [6.07, 6.45) is 0. The monoisotopic (exact) mass is 298 g/mol. The Labute approximate surface area is 131 Å². The van der Waals surface area contributed by atoms with Crippen LogP contribution in [0.15, 0.2) is 36.4 Å². The molecule has 0 saturated heterocycles. The van der Waals surface area contributed by atoms with E-state index in [2.05, 4.69) is 5.32 Å². The normalized spacial score (nSPS) is 10.3. The van der Waals surface area contributed by atoms with Gasteiger partial charge in [-0.05, 0) is 67.8 Å². The van der Waals surface area contributed by atoms with E-state index in [0.717, 1.165) is 22.6 Å². The van der Waals surface area contributed by atoms with Crippen LogP contribution in [0.4, 0.5) is 5.69 Å². The fourth-order valence-electron chi connectivity index (χ4n) is 2.06. The molecule has 116 valence electrons. The zero-order valence-corrected chi connectivity index (χ0v) is 13.3. The third-order valence-corrected chi connectivity index (χ3v) is 3.67. The van der Waals surface area contributed by atoms with Crippen LogP contribution in [0, 0.1) is 20.8 Å². The maximum Gasteiger partial charge on any atom is 0.251 e. The Bertz CT molecular complexity index is 681. The summed E-state index contributed by atoms with van der Waals surface area (Å²) >= 11 is 0. The second-order valence-corrected chi connectivity index (χ2v) is 5.42. The molecule has 0 unspecified atom stereocenters. The number of nitrogens with one attached hydrogen (secondary N) is 1. The molecular formula is C18H22N2O2. The molecule has 0 aliphatic heterocycles. The van der Waals surface area contributed by atoms with Gasteiger partial charge in [0.2, 0.25) is 0 Å². The molecule has 0 aliphatic carbocycles. The maximum atomic E-state index is 12.0. The van der Waals surface area contributed by atoms with Crippen LogP contribution in [0.1, 0.15) is 27.0 Å². The van der Waals surface area contributed by atoms with E-state index in [1.807, 2.05) is 57.2 Å². The van der Waals surface area contributed by atoms with Gasteiger partial charge in [-0.15, -0.1) is 0 Å². The van der Waals surface area contributed by atoms with Crippen LogP contribution in [0.25, 0.3) is 0 Å². The maximum absolute atomic E-state index is 12.0. The highest BCUT2D eigenvalue weighted by molar-refractivity contribution is 5.94. The lowest BCUT2D eigenvalue weighted by atomic mass is 10.1. The standard InChI is InChI=1S/C18H22N2O2/c1-12-4-5-15(10-13(12)2)18(21)20-8-9-22-16-6-7-17(19)14(3)11-16/h4-7,10-11H,8-9,19H2,1-3H3,(H,20,21). The number of rotatable bonds is 5. The Kier molecular flexibility index (Phi) is 5.04. The van der Waals surface area contributed by atoms with Gasteiger partial charge in [0.1, 0.15) is 12.4 Å². The Balaban J connectivity index is 1.81. The molecule has 0 bridgehead atoms.